The van der Waals surface area contributed by atoms with Gasteiger partial charge in [-0.3, -0.25) is 0 Å². The number of rotatable bonds is 2. The van der Waals surface area contributed by atoms with Gasteiger partial charge in [0.15, 0.2) is 0 Å². The van der Waals surface area contributed by atoms with Gasteiger partial charge in [-0.15, -0.1) is 0 Å². The van der Waals surface area contributed by atoms with Crippen LogP contribution in [0.25, 0.3) is 0 Å². The summed E-state index contributed by atoms with van der Waals surface area (Å²) in [5.41, 5.74) is 0. The first-order valence-corrected chi connectivity index (χ1v) is 4.51. The van der Waals surface area contributed by atoms with Crippen molar-refractivity contribution in [2.75, 3.05) is 13.7 Å². The van der Waals surface area contributed by atoms with Gasteiger partial charge in [-0.2, -0.15) is 0 Å². The highest BCUT2D eigenvalue weighted by atomic mass is 16.5. The van der Waals surface area contributed by atoms with Crippen molar-refractivity contribution in [1.29, 1.82) is 0 Å². The van der Waals surface area contributed by atoms with Crippen LogP contribution < -0.4 is 0 Å². The molecule has 0 aliphatic heterocycles. The standard InChI is InChI=1S/C9H18O2/c1-11-7-8-5-3-2-4-6-9(8)10/h8-10H,2-7H2,1H3. The van der Waals surface area contributed by atoms with E-state index in [2.05, 4.69) is 0 Å². The average Bonchev–Trinajstić information content (AvgIpc) is 2.18. The molecule has 0 spiro atoms. The van der Waals surface area contributed by atoms with Crippen molar-refractivity contribution in [2.24, 2.45) is 5.92 Å². The number of aliphatic hydroxyl groups excluding tert-OH is 1. The second-order valence-electron chi connectivity index (χ2n) is 3.42. The van der Waals surface area contributed by atoms with E-state index in [0.717, 1.165) is 19.4 Å². The van der Waals surface area contributed by atoms with Crippen molar-refractivity contribution in [2.45, 2.75) is 38.2 Å². The number of aliphatic hydroxyl groups is 1. The van der Waals surface area contributed by atoms with Crippen LogP contribution >= 0.6 is 0 Å². The molecule has 2 atom stereocenters. The Bertz CT molecular complexity index is 104. The maximum Gasteiger partial charge on any atom is 0.0590 e. The molecule has 0 radical (unpaired) electrons. The Morgan fingerprint density at radius 1 is 1.27 bits per heavy atom. The van der Waals surface area contributed by atoms with Gasteiger partial charge in [-0.1, -0.05) is 19.3 Å². The maximum absolute atomic E-state index is 9.60. The Hall–Kier alpha value is -0.0800. The molecule has 2 nitrogen and oxygen atoms in total. The summed E-state index contributed by atoms with van der Waals surface area (Å²) in [6.07, 6.45) is 5.70. The van der Waals surface area contributed by atoms with Gasteiger partial charge in [-0.25, -0.2) is 0 Å². The fourth-order valence-corrected chi connectivity index (χ4v) is 1.77. The van der Waals surface area contributed by atoms with Gasteiger partial charge >= 0.3 is 0 Å². The highest BCUT2D eigenvalue weighted by Crippen LogP contribution is 2.23. The zero-order valence-corrected chi connectivity index (χ0v) is 7.25. The Labute approximate surface area is 68.6 Å². The summed E-state index contributed by atoms with van der Waals surface area (Å²) < 4.78 is 5.05. The molecule has 1 aliphatic rings. The predicted octanol–water partition coefficient (Wildman–Crippen LogP) is 1.57. The van der Waals surface area contributed by atoms with Crippen molar-refractivity contribution < 1.29 is 9.84 Å². The predicted molar refractivity (Wildman–Crippen MR) is 44.5 cm³/mol. The molecule has 0 aromatic rings. The van der Waals surface area contributed by atoms with Crippen LogP contribution in [0.4, 0.5) is 0 Å². The molecule has 1 rings (SSSR count). The Morgan fingerprint density at radius 2 is 2.00 bits per heavy atom. The molecule has 66 valence electrons. The Kier molecular flexibility index (Phi) is 3.87. The third-order valence-corrected chi connectivity index (χ3v) is 2.50. The molecule has 2 unspecified atom stereocenters. The van der Waals surface area contributed by atoms with E-state index < -0.39 is 0 Å². The first kappa shape index (κ1) is 9.01. The van der Waals surface area contributed by atoms with Crippen LogP contribution in [0.5, 0.6) is 0 Å². The normalized spacial score (nSPS) is 33.3. The van der Waals surface area contributed by atoms with Crippen LogP contribution in [-0.2, 0) is 4.74 Å². The lowest BCUT2D eigenvalue weighted by Gasteiger charge is -2.18. The van der Waals surface area contributed by atoms with Crippen molar-refractivity contribution in [3.63, 3.8) is 0 Å². The third-order valence-electron chi connectivity index (χ3n) is 2.50. The van der Waals surface area contributed by atoms with E-state index in [9.17, 15) is 5.11 Å². The summed E-state index contributed by atoms with van der Waals surface area (Å²) in [6, 6.07) is 0. The minimum atomic E-state index is -0.113. The summed E-state index contributed by atoms with van der Waals surface area (Å²) >= 11 is 0. The van der Waals surface area contributed by atoms with E-state index in [4.69, 9.17) is 4.74 Å². The van der Waals surface area contributed by atoms with Crippen LogP contribution in [0.15, 0.2) is 0 Å². The van der Waals surface area contributed by atoms with E-state index in [0.29, 0.717) is 5.92 Å². The van der Waals surface area contributed by atoms with E-state index in [1.165, 1.54) is 19.3 Å². The number of hydrogen-bond donors (Lipinski definition) is 1. The maximum atomic E-state index is 9.60. The first-order valence-electron chi connectivity index (χ1n) is 4.51. The second-order valence-corrected chi connectivity index (χ2v) is 3.42. The summed E-state index contributed by atoms with van der Waals surface area (Å²) in [5, 5.41) is 9.60. The molecule has 0 bridgehead atoms. The van der Waals surface area contributed by atoms with Gasteiger partial charge in [0.2, 0.25) is 0 Å². The van der Waals surface area contributed by atoms with E-state index >= 15 is 0 Å². The quantitative estimate of drug-likeness (QED) is 0.618. The SMILES string of the molecule is COCC1CCCCCC1O. The third kappa shape index (κ3) is 2.80. The van der Waals surface area contributed by atoms with Gasteiger partial charge in [0, 0.05) is 13.0 Å². The highest BCUT2D eigenvalue weighted by Gasteiger charge is 2.20. The van der Waals surface area contributed by atoms with Crippen molar-refractivity contribution >= 4 is 0 Å². The van der Waals surface area contributed by atoms with E-state index in [1.807, 2.05) is 0 Å². The smallest absolute Gasteiger partial charge is 0.0590 e. The largest absolute Gasteiger partial charge is 0.393 e. The van der Waals surface area contributed by atoms with Crippen molar-refractivity contribution in [3.8, 4) is 0 Å². The lowest BCUT2D eigenvalue weighted by molar-refractivity contribution is 0.0439. The van der Waals surface area contributed by atoms with E-state index in [1.54, 1.807) is 7.11 Å². The minimum absolute atomic E-state index is 0.113. The molecule has 1 N–H and O–H groups in total. The second kappa shape index (κ2) is 4.73. The molecule has 1 aliphatic carbocycles. The molecular weight excluding hydrogens is 140 g/mol. The summed E-state index contributed by atoms with van der Waals surface area (Å²) in [6.45, 7) is 0.723. The lowest BCUT2D eigenvalue weighted by atomic mass is 9.99. The Balaban J connectivity index is 2.32. The lowest BCUT2D eigenvalue weighted by Crippen LogP contribution is -2.22. The molecule has 0 amide bonds. The van der Waals surface area contributed by atoms with Crippen molar-refractivity contribution in [3.05, 3.63) is 0 Å². The zero-order chi connectivity index (χ0) is 8.10. The summed E-state index contributed by atoms with van der Waals surface area (Å²) in [7, 11) is 1.71. The minimum Gasteiger partial charge on any atom is -0.393 e. The fraction of sp³-hybridized carbons (Fsp3) is 1.00. The zero-order valence-electron chi connectivity index (χ0n) is 7.25. The summed E-state index contributed by atoms with van der Waals surface area (Å²) in [5.74, 6) is 0.391. The molecule has 11 heavy (non-hydrogen) atoms. The monoisotopic (exact) mass is 158 g/mol. The van der Waals surface area contributed by atoms with Gasteiger partial charge < -0.3 is 9.84 Å². The van der Waals surface area contributed by atoms with Crippen LogP contribution in [0, 0.1) is 5.92 Å². The highest BCUT2D eigenvalue weighted by molar-refractivity contribution is 4.72. The number of hydrogen-bond acceptors (Lipinski definition) is 2. The molecule has 2 heteroatoms. The fourth-order valence-electron chi connectivity index (χ4n) is 1.77. The van der Waals surface area contributed by atoms with Gasteiger partial charge in [-0.05, 0) is 12.8 Å². The molecule has 0 heterocycles. The molecule has 0 aromatic carbocycles. The van der Waals surface area contributed by atoms with Gasteiger partial charge in [0.1, 0.15) is 0 Å². The first-order chi connectivity index (χ1) is 5.34. The van der Waals surface area contributed by atoms with Gasteiger partial charge in [0.25, 0.3) is 0 Å². The summed E-state index contributed by atoms with van der Waals surface area (Å²) in [4.78, 5) is 0. The van der Waals surface area contributed by atoms with Crippen LogP contribution in [0.3, 0.4) is 0 Å². The van der Waals surface area contributed by atoms with Crippen molar-refractivity contribution in [1.82, 2.24) is 0 Å². The van der Waals surface area contributed by atoms with Crippen LogP contribution in [-0.4, -0.2) is 24.9 Å². The molecule has 0 saturated heterocycles. The molecular formula is C9H18O2. The van der Waals surface area contributed by atoms with Crippen LogP contribution in [0.1, 0.15) is 32.1 Å². The molecule has 1 saturated carbocycles. The molecule has 0 aromatic heterocycles. The Morgan fingerprint density at radius 3 is 2.73 bits per heavy atom. The van der Waals surface area contributed by atoms with Crippen LogP contribution in [0.2, 0.25) is 0 Å². The number of ether oxygens (including phenoxy) is 1. The topological polar surface area (TPSA) is 29.5 Å². The van der Waals surface area contributed by atoms with Gasteiger partial charge in [0.05, 0.1) is 12.7 Å². The molecule has 1 fully saturated rings. The average molecular weight is 158 g/mol. The number of methoxy groups -OCH3 is 1. The van der Waals surface area contributed by atoms with E-state index in [-0.39, 0.29) is 6.10 Å².